The summed E-state index contributed by atoms with van der Waals surface area (Å²) in [7, 11) is -4.09. The first kappa shape index (κ1) is 37.7. The number of alkyl halides is 6. The Kier molecular flexibility index (Phi) is 10.7. The predicted molar refractivity (Wildman–Crippen MR) is 186 cm³/mol. The standard InChI is InChI=1S/C38H40F6N4O3S/c1-24(2)52(50,51)31-15-9-14-29-32(36(49)46-35(38(42,43)44)25-10-4-3-5-11-25)30(23-47-20-16-28(17-21-47)48-18-6-7-19-48)33(45-34(29)31)26-12-8-13-27(22-26)37(39,40)41/h3-5,8-15,22,24,28,35H,6-7,16-21,23H2,1-2H3,(H,46,49)/t35-/m1/s1. The summed E-state index contributed by atoms with van der Waals surface area (Å²) in [5.41, 5.74) is -1.77. The summed E-state index contributed by atoms with van der Waals surface area (Å²) in [6, 6.07) is 13.1. The Morgan fingerprint density at radius 3 is 2.15 bits per heavy atom. The Morgan fingerprint density at radius 2 is 1.54 bits per heavy atom. The number of hydrogen-bond donors (Lipinski definition) is 1. The van der Waals surface area contributed by atoms with Crippen molar-refractivity contribution >= 4 is 26.6 Å². The van der Waals surface area contributed by atoms with Crippen LogP contribution in [0.5, 0.6) is 0 Å². The number of nitrogens with zero attached hydrogens (tertiary/aromatic N) is 3. The summed E-state index contributed by atoms with van der Waals surface area (Å²) in [6.07, 6.45) is -5.83. The molecule has 7 nitrogen and oxygen atoms in total. The first-order valence-electron chi connectivity index (χ1n) is 17.3. The Balaban J connectivity index is 1.58. The minimum absolute atomic E-state index is 0.0207. The van der Waals surface area contributed by atoms with Gasteiger partial charge in [-0.3, -0.25) is 9.69 Å². The molecule has 4 aromatic rings. The summed E-state index contributed by atoms with van der Waals surface area (Å²) >= 11 is 0. The van der Waals surface area contributed by atoms with Crippen LogP contribution in [0.3, 0.4) is 0 Å². The summed E-state index contributed by atoms with van der Waals surface area (Å²) in [5.74, 6) is -1.16. The van der Waals surface area contributed by atoms with Gasteiger partial charge in [-0.2, -0.15) is 26.3 Å². The number of fused-ring (bicyclic) bond motifs is 1. The second kappa shape index (κ2) is 14.8. The molecule has 3 heterocycles. The van der Waals surface area contributed by atoms with Crippen LogP contribution in [0.2, 0.25) is 0 Å². The second-order valence-corrected chi connectivity index (χ2v) is 16.2. The van der Waals surface area contributed by atoms with Crippen LogP contribution in [-0.4, -0.2) is 72.8 Å². The Bertz CT molecular complexity index is 2020. The number of benzene rings is 3. The number of hydrogen-bond acceptors (Lipinski definition) is 6. The van der Waals surface area contributed by atoms with Crippen molar-refractivity contribution in [3.05, 3.63) is 95.1 Å². The summed E-state index contributed by atoms with van der Waals surface area (Å²) in [4.78, 5) is 23.4. The van der Waals surface area contributed by atoms with E-state index in [1.807, 2.05) is 4.90 Å². The van der Waals surface area contributed by atoms with Gasteiger partial charge in [-0.25, -0.2) is 13.4 Å². The molecular formula is C38H40F6N4O3S. The highest BCUT2D eigenvalue weighted by molar-refractivity contribution is 7.92. The van der Waals surface area contributed by atoms with Crippen LogP contribution in [0, 0.1) is 0 Å². The zero-order valence-electron chi connectivity index (χ0n) is 28.8. The molecule has 0 saturated carbocycles. The first-order valence-corrected chi connectivity index (χ1v) is 18.9. The molecule has 2 saturated heterocycles. The van der Waals surface area contributed by atoms with Gasteiger partial charge in [0.05, 0.1) is 32.5 Å². The van der Waals surface area contributed by atoms with Gasteiger partial charge in [-0.05, 0) is 89.5 Å². The Labute approximate surface area is 298 Å². The lowest BCUT2D eigenvalue weighted by molar-refractivity contribution is -0.155. The molecule has 2 fully saturated rings. The SMILES string of the molecule is CC(C)S(=O)(=O)c1cccc2c(C(=O)N[C@H](c3ccccc3)C(F)(F)F)c(CN3CCC(N4CCCC4)CC3)c(-c3cccc(C(F)(F)F)c3)nc12. The molecule has 0 unspecified atom stereocenters. The maximum atomic E-state index is 14.6. The molecule has 2 aliphatic heterocycles. The molecule has 278 valence electrons. The molecule has 14 heteroatoms. The number of amides is 1. The lowest BCUT2D eigenvalue weighted by atomic mass is 9.93. The lowest BCUT2D eigenvalue weighted by Crippen LogP contribution is -2.44. The van der Waals surface area contributed by atoms with Gasteiger partial charge in [0.2, 0.25) is 0 Å². The molecule has 0 spiro atoms. The van der Waals surface area contributed by atoms with Crippen LogP contribution in [-0.2, 0) is 22.6 Å². The number of para-hydroxylation sites is 1. The summed E-state index contributed by atoms with van der Waals surface area (Å²) in [5, 5.41) is 1.18. The van der Waals surface area contributed by atoms with E-state index >= 15 is 0 Å². The minimum Gasteiger partial charge on any atom is -0.337 e. The molecule has 0 bridgehead atoms. The molecule has 1 N–H and O–H groups in total. The molecule has 0 radical (unpaired) electrons. The molecule has 6 rings (SSSR count). The van der Waals surface area contributed by atoms with E-state index in [1.54, 1.807) is 0 Å². The van der Waals surface area contributed by atoms with E-state index < -0.39 is 45.0 Å². The van der Waals surface area contributed by atoms with Gasteiger partial charge in [0, 0.05) is 29.1 Å². The number of carbonyl (C=O) groups excluding carboxylic acids is 1. The van der Waals surface area contributed by atoms with E-state index in [4.69, 9.17) is 4.98 Å². The minimum atomic E-state index is -4.92. The fraction of sp³-hybridized carbons (Fsp3) is 0.421. The van der Waals surface area contributed by atoms with Crippen molar-refractivity contribution < 1.29 is 39.6 Å². The number of pyridine rings is 1. The van der Waals surface area contributed by atoms with Crippen molar-refractivity contribution in [3.63, 3.8) is 0 Å². The molecule has 1 amide bonds. The number of likely N-dealkylation sites (tertiary alicyclic amines) is 2. The third-order valence-corrected chi connectivity index (χ3v) is 12.2. The highest BCUT2D eigenvalue weighted by Gasteiger charge is 2.43. The molecule has 52 heavy (non-hydrogen) atoms. The van der Waals surface area contributed by atoms with E-state index in [-0.39, 0.29) is 50.3 Å². The average Bonchev–Trinajstić information content (AvgIpc) is 3.65. The van der Waals surface area contributed by atoms with E-state index in [2.05, 4.69) is 10.2 Å². The third kappa shape index (κ3) is 7.84. The Hall–Kier alpha value is -4.01. The van der Waals surface area contributed by atoms with Gasteiger partial charge in [0.1, 0.15) is 0 Å². The summed E-state index contributed by atoms with van der Waals surface area (Å²) < 4.78 is 113. The number of carbonyl (C=O) groups is 1. The van der Waals surface area contributed by atoms with Crippen LogP contribution in [0.1, 0.15) is 72.6 Å². The van der Waals surface area contributed by atoms with Crippen molar-refractivity contribution in [1.29, 1.82) is 0 Å². The van der Waals surface area contributed by atoms with Gasteiger partial charge in [0.25, 0.3) is 5.91 Å². The van der Waals surface area contributed by atoms with E-state index in [0.29, 0.717) is 19.1 Å². The highest BCUT2D eigenvalue weighted by atomic mass is 32.2. The molecule has 1 aromatic heterocycles. The largest absolute Gasteiger partial charge is 0.416 e. The number of rotatable bonds is 9. The van der Waals surface area contributed by atoms with Crippen LogP contribution in [0.15, 0.2) is 77.7 Å². The van der Waals surface area contributed by atoms with Crippen LogP contribution in [0.4, 0.5) is 26.3 Å². The van der Waals surface area contributed by atoms with Gasteiger partial charge >= 0.3 is 12.4 Å². The maximum absolute atomic E-state index is 14.6. The van der Waals surface area contributed by atoms with Crippen molar-refractivity contribution in [2.24, 2.45) is 0 Å². The molecular weight excluding hydrogens is 706 g/mol. The smallest absolute Gasteiger partial charge is 0.337 e. The zero-order chi connectivity index (χ0) is 37.4. The first-order chi connectivity index (χ1) is 24.6. The normalized spacial score (nSPS) is 17.6. The van der Waals surface area contributed by atoms with Crippen molar-refractivity contribution in [1.82, 2.24) is 20.1 Å². The quantitative estimate of drug-likeness (QED) is 0.174. The van der Waals surface area contributed by atoms with Gasteiger partial charge in [-0.15, -0.1) is 0 Å². The van der Waals surface area contributed by atoms with Crippen LogP contribution in [0.25, 0.3) is 22.2 Å². The number of halogens is 6. The fourth-order valence-electron chi connectivity index (χ4n) is 7.25. The second-order valence-electron chi connectivity index (χ2n) is 13.7. The monoisotopic (exact) mass is 746 g/mol. The molecule has 3 aromatic carbocycles. The molecule has 1 atom stereocenters. The summed E-state index contributed by atoms with van der Waals surface area (Å²) in [6.45, 7) is 6.03. The van der Waals surface area contributed by atoms with Crippen molar-refractivity contribution in [2.75, 3.05) is 26.2 Å². The maximum Gasteiger partial charge on any atom is 0.416 e. The molecule has 2 aliphatic rings. The van der Waals surface area contributed by atoms with E-state index in [0.717, 1.165) is 50.9 Å². The topological polar surface area (TPSA) is 82.6 Å². The van der Waals surface area contributed by atoms with Crippen LogP contribution < -0.4 is 5.32 Å². The van der Waals surface area contributed by atoms with Gasteiger partial charge in [-0.1, -0.05) is 54.6 Å². The van der Waals surface area contributed by atoms with Crippen molar-refractivity contribution in [2.45, 2.75) is 80.7 Å². The van der Waals surface area contributed by atoms with Crippen molar-refractivity contribution in [3.8, 4) is 11.3 Å². The number of nitrogens with one attached hydrogen (secondary N) is 1. The average molecular weight is 747 g/mol. The predicted octanol–water partition coefficient (Wildman–Crippen LogP) is 8.20. The number of piperidine rings is 1. The highest BCUT2D eigenvalue weighted by Crippen LogP contribution is 2.39. The van der Waals surface area contributed by atoms with Crippen LogP contribution >= 0.6 is 0 Å². The molecule has 0 aliphatic carbocycles. The fourth-order valence-corrected chi connectivity index (χ4v) is 8.46. The number of aromatic nitrogens is 1. The van der Waals surface area contributed by atoms with E-state index in [1.165, 1.54) is 74.5 Å². The Morgan fingerprint density at radius 1 is 0.885 bits per heavy atom. The zero-order valence-corrected chi connectivity index (χ0v) is 29.6. The van der Waals surface area contributed by atoms with Gasteiger partial charge < -0.3 is 10.2 Å². The van der Waals surface area contributed by atoms with Gasteiger partial charge in [0.15, 0.2) is 15.9 Å². The van der Waals surface area contributed by atoms with E-state index in [9.17, 15) is 39.6 Å². The third-order valence-electron chi connectivity index (χ3n) is 10.0. The number of sulfone groups is 1. The lowest BCUT2D eigenvalue weighted by Gasteiger charge is -2.37.